The van der Waals surface area contributed by atoms with Crippen LogP contribution in [0.5, 0.6) is 5.75 Å². The third-order valence-electron chi connectivity index (χ3n) is 4.55. The van der Waals surface area contributed by atoms with Crippen LogP contribution in [0.4, 0.5) is 11.8 Å². The van der Waals surface area contributed by atoms with Gasteiger partial charge in [-0.15, -0.1) is 0 Å². The fraction of sp³-hybridized carbons (Fsp3) is 0.444. The van der Waals surface area contributed by atoms with Gasteiger partial charge in [0.2, 0.25) is 5.95 Å². The van der Waals surface area contributed by atoms with E-state index in [9.17, 15) is 8.42 Å². The highest BCUT2D eigenvalue weighted by molar-refractivity contribution is 7.91. The quantitative estimate of drug-likeness (QED) is 0.792. The maximum atomic E-state index is 11.8. The molecule has 1 saturated heterocycles. The van der Waals surface area contributed by atoms with E-state index < -0.39 is 9.84 Å². The maximum absolute atomic E-state index is 11.8. The van der Waals surface area contributed by atoms with Gasteiger partial charge in [-0.1, -0.05) is 18.2 Å². The molecule has 2 aromatic rings. The van der Waals surface area contributed by atoms with Crippen LogP contribution in [0.1, 0.15) is 18.9 Å². The molecule has 0 amide bonds. The van der Waals surface area contributed by atoms with E-state index in [4.69, 9.17) is 4.74 Å². The maximum Gasteiger partial charge on any atom is 0.224 e. The zero-order valence-electron chi connectivity index (χ0n) is 15.1. The summed E-state index contributed by atoms with van der Waals surface area (Å²) in [5.41, 5.74) is 1.01. The van der Waals surface area contributed by atoms with Crippen molar-refractivity contribution in [2.24, 2.45) is 0 Å². The lowest BCUT2D eigenvalue weighted by molar-refractivity contribution is 0.410. The van der Waals surface area contributed by atoms with Gasteiger partial charge in [-0.05, 0) is 25.5 Å². The third kappa shape index (κ3) is 4.24. The Hall–Kier alpha value is -2.35. The summed E-state index contributed by atoms with van der Waals surface area (Å²) in [4.78, 5) is 10.9. The number of sulfone groups is 1. The van der Waals surface area contributed by atoms with Crippen LogP contribution in [-0.4, -0.2) is 49.6 Å². The first-order valence-electron chi connectivity index (χ1n) is 8.68. The van der Waals surface area contributed by atoms with Crippen LogP contribution in [0, 0.1) is 0 Å². The predicted molar refractivity (Wildman–Crippen MR) is 102 cm³/mol. The first kappa shape index (κ1) is 18.4. The van der Waals surface area contributed by atoms with Gasteiger partial charge in [0.25, 0.3) is 0 Å². The van der Waals surface area contributed by atoms with Gasteiger partial charge in [0, 0.05) is 30.9 Å². The molecule has 1 atom stereocenters. The number of nitrogens with one attached hydrogen (secondary N) is 1. The standard InChI is InChI=1S/C18H24N4O3S/c1-3-22(15-9-11-26(23,24)13-15)17-8-10-19-18(21-17)20-12-14-6-4-5-7-16(14)25-2/h4-8,10,15H,3,9,11-13H2,1-2H3,(H,19,20,21). The number of hydrogen-bond donors (Lipinski definition) is 1. The van der Waals surface area contributed by atoms with E-state index in [1.165, 1.54) is 0 Å². The van der Waals surface area contributed by atoms with E-state index in [1.807, 2.05) is 42.2 Å². The van der Waals surface area contributed by atoms with Gasteiger partial charge >= 0.3 is 0 Å². The van der Waals surface area contributed by atoms with Crippen molar-refractivity contribution in [3.05, 3.63) is 42.1 Å². The van der Waals surface area contributed by atoms with Crippen LogP contribution in [0.25, 0.3) is 0 Å². The van der Waals surface area contributed by atoms with Crippen molar-refractivity contribution in [3.63, 3.8) is 0 Å². The average Bonchev–Trinajstić information content (AvgIpc) is 3.01. The summed E-state index contributed by atoms with van der Waals surface area (Å²) in [6.07, 6.45) is 2.34. The van der Waals surface area contributed by atoms with Crippen LogP contribution < -0.4 is 15.0 Å². The Kier molecular flexibility index (Phi) is 5.61. The Bertz CT molecular complexity index is 857. The lowest BCUT2D eigenvalue weighted by atomic mass is 10.2. The van der Waals surface area contributed by atoms with Crippen molar-refractivity contribution in [2.45, 2.75) is 25.9 Å². The largest absolute Gasteiger partial charge is 0.496 e. The van der Waals surface area contributed by atoms with E-state index in [0.29, 0.717) is 25.5 Å². The van der Waals surface area contributed by atoms with E-state index in [1.54, 1.807) is 13.3 Å². The molecule has 0 aliphatic carbocycles. The number of rotatable bonds is 7. The van der Waals surface area contributed by atoms with E-state index in [2.05, 4.69) is 15.3 Å². The number of benzene rings is 1. The van der Waals surface area contributed by atoms with E-state index in [0.717, 1.165) is 17.1 Å². The molecule has 3 rings (SSSR count). The van der Waals surface area contributed by atoms with Gasteiger partial charge in [0.1, 0.15) is 11.6 Å². The number of anilines is 2. The summed E-state index contributed by atoms with van der Waals surface area (Å²) in [6.45, 7) is 3.25. The number of hydrogen-bond acceptors (Lipinski definition) is 7. The zero-order valence-corrected chi connectivity index (χ0v) is 15.9. The molecule has 0 spiro atoms. The Labute approximate surface area is 154 Å². The fourth-order valence-electron chi connectivity index (χ4n) is 3.25. The predicted octanol–water partition coefficient (Wildman–Crippen LogP) is 2.11. The number of ether oxygens (including phenoxy) is 1. The first-order valence-corrected chi connectivity index (χ1v) is 10.5. The summed E-state index contributed by atoms with van der Waals surface area (Å²) in [7, 11) is -1.29. The van der Waals surface area contributed by atoms with Crippen LogP contribution in [0.3, 0.4) is 0 Å². The molecule has 1 fully saturated rings. The molecular weight excluding hydrogens is 352 g/mol. The summed E-state index contributed by atoms with van der Waals surface area (Å²) < 4.78 is 28.9. The minimum absolute atomic E-state index is 0.0260. The van der Waals surface area contributed by atoms with Crippen molar-refractivity contribution in [3.8, 4) is 5.75 Å². The fourth-order valence-corrected chi connectivity index (χ4v) is 4.98. The Morgan fingerprint density at radius 1 is 1.31 bits per heavy atom. The van der Waals surface area contributed by atoms with Crippen LogP contribution in [-0.2, 0) is 16.4 Å². The molecule has 7 nitrogen and oxygen atoms in total. The second kappa shape index (κ2) is 7.90. The van der Waals surface area contributed by atoms with Crippen LogP contribution in [0.2, 0.25) is 0 Å². The molecular formula is C18H24N4O3S. The zero-order chi connectivity index (χ0) is 18.6. The van der Waals surface area contributed by atoms with Crippen molar-refractivity contribution in [1.29, 1.82) is 0 Å². The topological polar surface area (TPSA) is 84.4 Å². The number of para-hydroxylation sites is 1. The third-order valence-corrected chi connectivity index (χ3v) is 6.30. The Morgan fingerprint density at radius 2 is 2.12 bits per heavy atom. The molecule has 2 heterocycles. The van der Waals surface area contributed by atoms with Crippen LogP contribution in [0.15, 0.2) is 36.5 Å². The molecule has 8 heteroatoms. The summed E-state index contributed by atoms with van der Waals surface area (Å²) >= 11 is 0. The number of aromatic nitrogens is 2. The lowest BCUT2D eigenvalue weighted by Crippen LogP contribution is -2.36. The van der Waals surface area contributed by atoms with E-state index in [-0.39, 0.29) is 17.5 Å². The lowest BCUT2D eigenvalue weighted by Gasteiger charge is -2.28. The van der Waals surface area contributed by atoms with Gasteiger partial charge in [0.15, 0.2) is 9.84 Å². The van der Waals surface area contributed by atoms with Crippen molar-refractivity contribution in [1.82, 2.24) is 9.97 Å². The van der Waals surface area contributed by atoms with E-state index >= 15 is 0 Å². The molecule has 0 saturated carbocycles. The molecule has 0 radical (unpaired) electrons. The highest BCUT2D eigenvalue weighted by Gasteiger charge is 2.32. The summed E-state index contributed by atoms with van der Waals surface area (Å²) in [5.74, 6) is 2.50. The van der Waals surface area contributed by atoms with Crippen molar-refractivity contribution in [2.75, 3.05) is 35.4 Å². The Balaban J connectivity index is 1.73. The molecule has 26 heavy (non-hydrogen) atoms. The first-order chi connectivity index (χ1) is 12.5. The second-order valence-corrected chi connectivity index (χ2v) is 8.48. The molecule has 1 aromatic carbocycles. The second-order valence-electron chi connectivity index (χ2n) is 6.25. The van der Waals surface area contributed by atoms with Crippen molar-refractivity contribution >= 4 is 21.6 Å². The van der Waals surface area contributed by atoms with Gasteiger partial charge in [-0.25, -0.2) is 13.4 Å². The average molecular weight is 376 g/mol. The molecule has 1 unspecified atom stereocenters. The smallest absolute Gasteiger partial charge is 0.224 e. The number of nitrogens with zero attached hydrogens (tertiary/aromatic N) is 3. The molecule has 140 valence electrons. The summed E-state index contributed by atoms with van der Waals surface area (Å²) in [5, 5.41) is 3.21. The van der Waals surface area contributed by atoms with Crippen LogP contribution >= 0.6 is 0 Å². The molecule has 1 aromatic heterocycles. The van der Waals surface area contributed by atoms with Gasteiger partial charge in [0.05, 0.1) is 18.6 Å². The normalized spacial score (nSPS) is 18.5. The highest BCUT2D eigenvalue weighted by atomic mass is 32.2. The minimum atomic E-state index is -2.94. The Morgan fingerprint density at radius 3 is 2.81 bits per heavy atom. The van der Waals surface area contributed by atoms with Gasteiger partial charge < -0.3 is 15.0 Å². The number of methoxy groups -OCH3 is 1. The molecule has 1 aliphatic heterocycles. The SMILES string of the molecule is CCN(c1ccnc(NCc2ccccc2OC)n1)C1CCS(=O)(=O)C1. The monoisotopic (exact) mass is 376 g/mol. The van der Waals surface area contributed by atoms with Gasteiger partial charge in [-0.2, -0.15) is 4.98 Å². The minimum Gasteiger partial charge on any atom is -0.496 e. The van der Waals surface area contributed by atoms with Crippen molar-refractivity contribution < 1.29 is 13.2 Å². The molecule has 1 N–H and O–H groups in total. The molecule has 0 bridgehead atoms. The molecule has 1 aliphatic rings. The highest BCUT2D eigenvalue weighted by Crippen LogP contribution is 2.24. The van der Waals surface area contributed by atoms with Gasteiger partial charge in [-0.3, -0.25) is 0 Å². The summed E-state index contributed by atoms with van der Waals surface area (Å²) in [6, 6.07) is 9.57.